The van der Waals surface area contributed by atoms with Crippen molar-refractivity contribution < 1.29 is 14.6 Å². The predicted molar refractivity (Wildman–Crippen MR) is 139 cm³/mol. The lowest BCUT2D eigenvalue weighted by Crippen LogP contribution is -2.38. The van der Waals surface area contributed by atoms with Crippen molar-refractivity contribution in [3.05, 3.63) is 78.2 Å². The van der Waals surface area contributed by atoms with Gasteiger partial charge in [-0.05, 0) is 59.7 Å². The Kier molecular flexibility index (Phi) is 6.68. The molecule has 7 heteroatoms. The van der Waals surface area contributed by atoms with Crippen LogP contribution < -0.4 is 4.74 Å². The van der Waals surface area contributed by atoms with Crippen molar-refractivity contribution in [3.63, 3.8) is 0 Å². The molecular formula is C29H32N4O3. The number of hydrogen-bond acceptors (Lipinski definition) is 6. The Morgan fingerprint density at radius 3 is 2.72 bits per heavy atom. The molecule has 0 bridgehead atoms. The second kappa shape index (κ2) is 10.4. The van der Waals surface area contributed by atoms with E-state index in [1.807, 2.05) is 18.5 Å². The lowest BCUT2D eigenvalue weighted by atomic mass is 10.00. The first-order chi connectivity index (χ1) is 17.7. The van der Waals surface area contributed by atoms with Gasteiger partial charge in [-0.1, -0.05) is 30.3 Å². The number of benzene rings is 2. The zero-order valence-corrected chi connectivity index (χ0v) is 20.4. The SMILES string of the molecule is OC(COc1cc(-c2ccc3ncn(C4CCOCC4)c3c2)ccn1)CN1CCc2ccccc2C1. The summed E-state index contributed by atoms with van der Waals surface area (Å²) in [5.41, 5.74) is 7.02. The summed E-state index contributed by atoms with van der Waals surface area (Å²) < 4.78 is 13.7. The van der Waals surface area contributed by atoms with Gasteiger partial charge in [0.1, 0.15) is 12.7 Å². The molecule has 0 aliphatic carbocycles. The molecule has 186 valence electrons. The maximum absolute atomic E-state index is 10.6. The van der Waals surface area contributed by atoms with E-state index in [2.05, 4.69) is 61.9 Å². The minimum atomic E-state index is -0.578. The molecule has 0 saturated carbocycles. The van der Waals surface area contributed by atoms with Crippen molar-refractivity contribution in [2.45, 2.75) is 38.0 Å². The third-order valence-electron chi connectivity index (χ3n) is 7.33. The normalized spacial score (nSPS) is 17.7. The van der Waals surface area contributed by atoms with Crippen LogP contribution in [0.25, 0.3) is 22.2 Å². The Morgan fingerprint density at radius 1 is 1.00 bits per heavy atom. The highest BCUT2D eigenvalue weighted by atomic mass is 16.5. The molecule has 6 rings (SSSR count). The van der Waals surface area contributed by atoms with E-state index >= 15 is 0 Å². The van der Waals surface area contributed by atoms with Gasteiger partial charge in [0, 0.05) is 51.2 Å². The largest absolute Gasteiger partial charge is 0.475 e. The van der Waals surface area contributed by atoms with Crippen molar-refractivity contribution >= 4 is 11.0 Å². The minimum Gasteiger partial charge on any atom is -0.475 e. The van der Waals surface area contributed by atoms with Gasteiger partial charge in [-0.2, -0.15) is 0 Å². The number of ether oxygens (including phenoxy) is 2. The van der Waals surface area contributed by atoms with Crippen molar-refractivity contribution in [1.82, 2.24) is 19.4 Å². The van der Waals surface area contributed by atoms with Gasteiger partial charge in [-0.15, -0.1) is 0 Å². The van der Waals surface area contributed by atoms with E-state index in [0.29, 0.717) is 18.5 Å². The van der Waals surface area contributed by atoms with Crippen LogP contribution in [-0.4, -0.2) is 63.6 Å². The van der Waals surface area contributed by atoms with E-state index in [-0.39, 0.29) is 6.61 Å². The summed E-state index contributed by atoms with van der Waals surface area (Å²) in [4.78, 5) is 11.3. The number of imidazole rings is 1. The first-order valence-electron chi connectivity index (χ1n) is 12.8. The molecular weight excluding hydrogens is 452 g/mol. The zero-order valence-electron chi connectivity index (χ0n) is 20.4. The molecule has 0 spiro atoms. The first kappa shape index (κ1) is 23.2. The Labute approximate surface area is 211 Å². The fourth-order valence-electron chi connectivity index (χ4n) is 5.37. The average molecular weight is 485 g/mol. The number of rotatable bonds is 7. The lowest BCUT2D eigenvalue weighted by Gasteiger charge is -2.30. The standard InChI is InChI=1S/C29H32N4O3/c34-26(18-32-12-8-21-3-1-2-4-24(21)17-32)19-36-29-16-23(7-11-30-29)22-5-6-27-28(15-22)33(20-31-27)25-9-13-35-14-10-25/h1-7,11,15-16,20,25-26,34H,8-10,12-14,17-19H2. The molecule has 1 fully saturated rings. The van der Waals surface area contributed by atoms with Crippen molar-refractivity contribution in [1.29, 1.82) is 0 Å². The van der Waals surface area contributed by atoms with E-state index in [0.717, 1.165) is 67.7 Å². The van der Waals surface area contributed by atoms with Gasteiger partial charge in [-0.25, -0.2) is 9.97 Å². The highest BCUT2D eigenvalue weighted by Crippen LogP contribution is 2.30. The van der Waals surface area contributed by atoms with Crippen molar-refractivity contribution in [3.8, 4) is 17.0 Å². The Hall–Kier alpha value is -3.26. The number of β-amino-alcohol motifs (C(OH)–C–C–N with tert-alkyl or cyclic N) is 1. The topological polar surface area (TPSA) is 72.6 Å². The summed E-state index contributed by atoms with van der Waals surface area (Å²) in [5, 5.41) is 10.6. The summed E-state index contributed by atoms with van der Waals surface area (Å²) in [6, 6.07) is 19.3. The number of aliphatic hydroxyl groups excluding tert-OH is 1. The number of aliphatic hydroxyl groups is 1. The highest BCUT2D eigenvalue weighted by Gasteiger charge is 2.20. The third-order valence-corrected chi connectivity index (χ3v) is 7.33. The number of hydrogen-bond donors (Lipinski definition) is 1. The molecule has 1 saturated heterocycles. The second-order valence-corrected chi connectivity index (χ2v) is 9.80. The van der Waals surface area contributed by atoms with Crippen LogP contribution in [0.1, 0.15) is 30.0 Å². The fourth-order valence-corrected chi connectivity index (χ4v) is 5.37. The molecule has 7 nitrogen and oxygen atoms in total. The van der Waals surface area contributed by atoms with E-state index in [4.69, 9.17) is 9.47 Å². The monoisotopic (exact) mass is 484 g/mol. The van der Waals surface area contributed by atoms with Crippen LogP contribution in [0.2, 0.25) is 0 Å². The van der Waals surface area contributed by atoms with Gasteiger partial charge < -0.3 is 19.1 Å². The molecule has 4 heterocycles. The van der Waals surface area contributed by atoms with Gasteiger partial charge in [0.2, 0.25) is 5.88 Å². The Bertz CT molecular complexity index is 1330. The zero-order chi connectivity index (χ0) is 24.3. The summed E-state index contributed by atoms with van der Waals surface area (Å²) in [6.45, 7) is 4.21. The van der Waals surface area contributed by atoms with Crippen LogP contribution in [0.15, 0.2) is 67.1 Å². The molecule has 4 aromatic rings. The van der Waals surface area contributed by atoms with Crippen LogP contribution in [0, 0.1) is 0 Å². The first-order valence-corrected chi connectivity index (χ1v) is 12.8. The molecule has 36 heavy (non-hydrogen) atoms. The van der Waals surface area contributed by atoms with Crippen LogP contribution >= 0.6 is 0 Å². The third kappa shape index (κ3) is 5.00. The van der Waals surface area contributed by atoms with Gasteiger partial charge in [0.15, 0.2) is 0 Å². The van der Waals surface area contributed by atoms with Gasteiger partial charge in [-0.3, -0.25) is 4.90 Å². The predicted octanol–water partition coefficient (Wildman–Crippen LogP) is 4.25. The maximum Gasteiger partial charge on any atom is 0.213 e. The molecule has 2 aromatic heterocycles. The molecule has 1 N–H and O–H groups in total. The van der Waals surface area contributed by atoms with E-state index in [9.17, 15) is 5.11 Å². The van der Waals surface area contributed by atoms with Gasteiger partial charge in [0.25, 0.3) is 0 Å². The summed E-state index contributed by atoms with van der Waals surface area (Å²) >= 11 is 0. The number of fused-ring (bicyclic) bond motifs is 2. The van der Waals surface area contributed by atoms with Crippen LogP contribution in [-0.2, 0) is 17.7 Å². The molecule has 0 radical (unpaired) electrons. The second-order valence-electron chi connectivity index (χ2n) is 9.80. The van der Waals surface area contributed by atoms with E-state index in [1.165, 1.54) is 11.1 Å². The van der Waals surface area contributed by atoms with Gasteiger partial charge >= 0.3 is 0 Å². The number of aromatic nitrogens is 3. The van der Waals surface area contributed by atoms with Crippen LogP contribution in [0.3, 0.4) is 0 Å². The number of pyridine rings is 1. The smallest absolute Gasteiger partial charge is 0.213 e. The van der Waals surface area contributed by atoms with E-state index in [1.54, 1.807) is 6.20 Å². The molecule has 1 atom stereocenters. The van der Waals surface area contributed by atoms with Crippen molar-refractivity contribution in [2.24, 2.45) is 0 Å². The van der Waals surface area contributed by atoms with Crippen LogP contribution in [0.5, 0.6) is 5.88 Å². The highest BCUT2D eigenvalue weighted by molar-refractivity contribution is 5.82. The molecule has 2 aliphatic heterocycles. The number of nitrogens with zero attached hydrogens (tertiary/aromatic N) is 4. The molecule has 2 aromatic carbocycles. The van der Waals surface area contributed by atoms with E-state index < -0.39 is 6.10 Å². The summed E-state index contributed by atoms with van der Waals surface area (Å²) in [7, 11) is 0. The van der Waals surface area contributed by atoms with Crippen molar-refractivity contribution in [2.75, 3.05) is 32.9 Å². The average Bonchev–Trinajstić information content (AvgIpc) is 3.36. The maximum atomic E-state index is 10.6. The molecule has 2 aliphatic rings. The van der Waals surface area contributed by atoms with Crippen LogP contribution in [0.4, 0.5) is 0 Å². The summed E-state index contributed by atoms with van der Waals surface area (Å²) in [5.74, 6) is 0.522. The quantitative estimate of drug-likeness (QED) is 0.423. The lowest BCUT2D eigenvalue weighted by molar-refractivity contribution is 0.0622. The molecule has 1 unspecified atom stereocenters. The minimum absolute atomic E-state index is 0.212. The summed E-state index contributed by atoms with van der Waals surface area (Å²) in [6.07, 6.45) is 6.17. The molecule has 0 amide bonds. The fraction of sp³-hybridized carbons (Fsp3) is 0.379. The Morgan fingerprint density at radius 2 is 1.83 bits per heavy atom. The Balaban J connectivity index is 1.11. The van der Waals surface area contributed by atoms with Gasteiger partial charge in [0.05, 0.1) is 17.4 Å².